The molecule has 2 heterocycles. The van der Waals surface area contributed by atoms with Gasteiger partial charge in [-0.15, -0.1) is 0 Å². The van der Waals surface area contributed by atoms with E-state index in [9.17, 15) is 19.5 Å². The van der Waals surface area contributed by atoms with Gasteiger partial charge < -0.3 is 30.9 Å². The summed E-state index contributed by atoms with van der Waals surface area (Å²) in [5, 5.41) is 16.8. The molecule has 7 unspecified atom stereocenters. The maximum atomic E-state index is 14.1. The first-order chi connectivity index (χ1) is 19.2. The molecule has 2 saturated carbocycles. The van der Waals surface area contributed by atoms with Gasteiger partial charge >= 0.3 is 5.97 Å². The molecule has 4 fully saturated rings. The van der Waals surface area contributed by atoms with E-state index in [1.807, 2.05) is 14.0 Å². The Hall–Kier alpha value is -1.65. The number of unbranched alkanes of at least 4 members (excludes halogenated alkanes) is 1. The normalized spacial score (nSPS) is 34.9. The summed E-state index contributed by atoms with van der Waals surface area (Å²) in [4.78, 5) is 41.8. The van der Waals surface area contributed by atoms with Crippen LogP contribution in [0.5, 0.6) is 0 Å². The number of carbonyl (C=O) groups excluding carboxylic acids is 3. The number of esters is 1. The highest BCUT2D eigenvalue weighted by Crippen LogP contribution is 2.62. The third-order valence-corrected chi connectivity index (χ3v) is 9.97. The second-order valence-electron chi connectivity index (χ2n) is 12.7. The van der Waals surface area contributed by atoms with Crippen molar-refractivity contribution < 1.29 is 29.0 Å². The van der Waals surface area contributed by atoms with Gasteiger partial charge in [-0.2, -0.15) is 0 Å². The van der Waals surface area contributed by atoms with Crippen molar-refractivity contribution in [3.63, 3.8) is 0 Å². The van der Waals surface area contributed by atoms with Crippen molar-refractivity contribution in [1.82, 2.24) is 10.6 Å². The number of carbonyl (C=O) groups is 3. The Morgan fingerprint density at radius 3 is 2.60 bits per heavy atom. The number of hydrogen-bond acceptors (Lipinski definition) is 9. The molecule has 9 heteroatoms. The zero-order valence-corrected chi connectivity index (χ0v) is 24.8. The lowest BCUT2D eigenvalue weighted by Crippen LogP contribution is -2.58. The molecule has 0 bridgehead atoms. The molecule has 5 N–H and O–H groups in total. The number of nitrogens with two attached hydrogens (primary N) is 1. The minimum Gasteiger partial charge on any atom is -0.463 e. The molecule has 0 spiro atoms. The minimum atomic E-state index is -1.89. The van der Waals surface area contributed by atoms with Gasteiger partial charge in [0.15, 0.2) is 17.2 Å². The van der Waals surface area contributed by atoms with E-state index in [0.717, 1.165) is 69.9 Å². The second kappa shape index (κ2) is 13.6. The SMILES string of the molecule is CCCCC(CNC)COC(=O)C12OC1(CC(CO)=C(C)CCC1CCNC(N)C1)C(=O)C1CCCCC1C2=O. The first-order valence-corrected chi connectivity index (χ1v) is 15.6. The number of aliphatic hydroxyl groups excluding tert-OH is 1. The smallest absolute Gasteiger partial charge is 0.350 e. The highest BCUT2D eigenvalue weighted by Gasteiger charge is 2.87. The molecule has 4 aliphatic rings. The fourth-order valence-corrected chi connectivity index (χ4v) is 7.44. The number of fused-ring (bicyclic) bond motifs is 2. The molecule has 0 aromatic carbocycles. The molecule has 2 aliphatic heterocycles. The van der Waals surface area contributed by atoms with E-state index in [2.05, 4.69) is 17.6 Å². The third kappa shape index (κ3) is 6.09. The van der Waals surface area contributed by atoms with Gasteiger partial charge in [-0.05, 0) is 77.0 Å². The number of piperidine rings is 1. The predicted octanol–water partition coefficient (Wildman–Crippen LogP) is 2.78. The Kier molecular flexibility index (Phi) is 10.6. The van der Waals surface area contributed by atoms with Gasteiger partial charge in [-0.25, -0.2) is 4.79 Å². The number of Topliss-reactive ketones (excluding diaryl/α,β-unsaturated/α-hetero) is 2. The lowest BCUT2D eigenvalue weighted by Gasteiger charge is -2.37. The van der Waals surface area contributed by atoms with Crippen LogP contribution in [0.4, 0.5) is 0 Å². The molecule has 2 saturated heterocycles. The second-order valence-corrected chi connectivity index (χ2v) is 12.7. The molecule has 2 aliphatic carbocycles. The number of ketones is 2. The maximum absolute atomic E-state index is 14.1. The zero-order chi connectivity index (χ0) is 28.9. The Morgan fingerprint density at radius 1 is 1.23 bits per heavy atom. The van der Waals surface area contributed by atoms with Crippen molar-refractivity contribution in [2.45, 2.75) is 108 Å². The van der Waals surface area contributed by atoms with Crippen LogP contribution in [-0.2, 0) is 23.9 Å². The van der Waals surface area contributed by atoms with Crippen LogP contribution in [0.1, 0.15) is 90.9 Å². The Balaban J connectivity index is 1.55. The monoisotopic (exact) mass is 561 g/mol. The van der Waals surface area contributed by atoms with E-state index < -0.39 is 29.0 Å². The number of hydrogen-bond donors (Lipinski definition) is 4. The molecule has 9 nitrogen and oxygen atoms in total. The summed E-state index contributed by atoms with van der Waals surface area (Å²) in [5.74, 6) is -1.49. The Labute approximate surface area is 239 Å². The van der Waals surface area contributed by atoms with Crippen LogP contribution in [0.2, 0.25) is 0 Å². The van der Waals surface area contributed by atoms with Gasteiger partial charge in [-0.3, -0.25) is 9.59 Å². The van der Waals surface area contributed by atoms with Crippen LogP contribution in [0.25, 0.3) is 0 Å². The topological polar surface area (TPSA) is 143 Å². The van der Waals surface area contributed by atoms with Gasteiger partial charge in [0.05, 0.1) is 19.4 Å². The lowest BCUT2D eigenvalue weighted by atomic mass is 9.60. The number of rotatable bonds is 14. The van der Waals surface area contributed by atoms with Crippen molar-refractivity contribution in [2.24, 2.45) is 29.4 Å². The summed E-state index contributed by atoms with van der Waals surface area (Å²) in [7, 11) is 1.87. The van der Waals surface area contributed by atoms with Crippen molar-refractivity contribution in [3.05, 3.63) is 11.1 Å². The summed E-state index contributed by atoms with van der Waals surface area (Å²) >= 11 is 0. The van der Waals surface area contributed by atoms with Crippen molar-refractivity contribution in [3.8, 4) is 0 Å². The van der Waals surface area contributed by atoms with E-state index in [1.54, 1.807) is 0 Å². The van der Waals surface area contributed by atoms with Crippen molar-refractivity contribution >= 4 is 17.5 Å². The molecular formula is C31H51N3O6. The largest absolute Gasteiger partial charge is 0.463 e. The van der Waals surface area contributed by atoms with Crippen LogP contribution in [0, 0.1) is 23.7 Å². The van der Waals surface area contributed by atoms with Gasteiger partial charge in [0, 0.05) is 30.7 Å². The van der Waals surface area contributed by atoms with E-state index in [-0.39, 0.29) is 43.3 Å². The number of epoxide rings is 1. The van der Waals surface area contributed by atoms with Crippen LogP contribution < -0.4 is 16.4 Å². The summed E-state index contributed by atoms with van der Waals surface area (Å²) in [6.45, 7) is 5.62. The molecule has 7 atom stereocenters. The molecule has 0 amide bonds. The van der Waals surface area contributed by atoms with E-state index >= 15 is 0 Å². The standard InChI is InChI=1S/C31H51N3O6/c1-4-5-8-22(17-33-3)19-39-29(38)31-28(37)25-10-7-6-9-24(25)27(36)30(31,40-31)16-23(18-35)20(2)11-12-21-13-14-34-26(32)15-21/h21-22,24-26,33-35H,4-19,32H2,1-3H3. The highest BCUT2D eigenvalue weighted by atomic mass is 16.7. The fourth-order valence-electron chi connectivity index (χ4n) is 7.44. The van der Waals surface area contributed by atoms with Crippen LogP contribution in [0.3, 0.4) is 0 Å². The van der Waals surface area contributed by atoms with E-state index in [4.69, 9.17) is 15.2 Å². The Bertz CT molecular complexity index is 969. The third-order valence-electron chi connectivity index (χ3n) is 9.97. The van der Waals surface area contributed by atoms with Gasteiger partial charge in [-0.1, -0.05) is 38.2 Å². The van der Waals surface area contributed by atoms with Crippen LogP contribution >= 0.6 is 0 Å². The predicted molar refractivity (Wildman–Crippen MR) is 152 cm³/mol. The number of nitrogens with one attached hydrogen (secondary N) is 2. The average molecular weight is 562 g/mol. The molecular weight excluding hydrogens is 510 g/mol. The molecule has 40 heavy (non-hydrogen) atoms. The molecule has 0 aromatic rings. The zero-order valence-electron chi connectivity index (χ0n) is 24.8. The summed E-state index contributed by atoms with van der Waals surface area (Å²) in [5.41, 5.74) is 4.28. The fraction of sp³-hybridized carbons (Fsp3) is 0.839. The minimum absolute atomic E-state index is 0.00900. The van der Waals surface area contributed by atoms with Gasteiger partial charge in [0.25, 0.3) is 5.60 Å². The highest BCUT2D eigenvalue weighted by molar-refractivity contribution is 6.23. The lowest BCUT2D eigenvalue weighted by molar-refractivity contribution is -0.159. The number of allylic oxidation sites excluding steroid dienone is 1. The Morgan fingerprint density at radius 2 is 1.95 bits per heavy atom. The summed E-state index contributed by atoms with van der Waals surface area (Å²) < 4.78 is 11.9. The van der Waals surface area contributed by atoms with Crippen LogP contribution in [-0.4, -0.2) is 73.4 Å². The van der Waals surface area contributed by atoms with Crippen molar-refractivity contribution in [2.75, 3.05) is 33.4 Å². The molecule has 0 aromatic heterocycles. The summed E-state index contributed by atoms with van der Waals surface area (Å²) in [6.07, 6.45) is 9.68. The van der Waals surface area contributed by atoms with E-state index in [1.165, 1.54) is 0 Å². The number of ether oxygens (including phenoxy) is 2. The molecule has 0 radical (unpaired) electrons. The first kappa shape index (κ1) is 31.3. The van der Waals surface area contributed by atoms with Gasteiger partial charge in [0.2, 0.25) is 0 Å². The average Bonchev–Trinajstić information content (AvgIpc) is 3.66. The summed E-state index contributed by atoms with van der Waals surface area (Å²) in [6, 6.07) is 0. The number of aliphatic hydroxyl groups is 1. The first-order valence-electron chi connectivity index (χ1n) is 15.6. The van der Waals surface area contributed by atoms with Crippen molar-refractivity contribution in [1.29, 1.82) is 0 Å². The van der Waals surface area contributed by atoms with Crippen LogP contribution in [0.15, 0.2) is 11.1 Å². The maximum Gasteiger partial charge on any atom is 0.350 e. The van der Waals surface area contributed by atoms with E-state index in [0.29, 0.717) is 30.9 Å². The van der Waals surface area contributed by atoms with Gasteiger partial charge in [0.1, 0.15) is 0 Å². The molecule has 226 valence electrons. The quantitative estimate of drug-likeness (QED) is 0.109. The molecule has 4 rings (SSSR count).